The van der Waals surface area contributed by atoms with Crippen LogP contribution in [0.1, 0.15) is 41.4 Å². The molecule has 1 aromatic heterocycles. The second-order valence-electron chi connectivity index (χ2n) is 3.22. The van der Waals surface area contributed by atoms with Crippen LogP contribution in [0.15, 0.2) is 11.4 Å². The third kappa shape index (κ3) is 2.84. The third-order valence-electron chi connectivity index (χ3n) is 2.17. The predicted octanol–water partition coefficient (Wildman–Crippen LogP) is 3.27. The fraction of sp³-hybridized carbons (Fsp3) is 0.545. The van der Waals surface area contributed by atoms with E-state index in [1.807, 2.05) is 11.4 Å². The second kappa shape index (κ2) is 5.81. The summed E-state index contributed by atoms with van der Waals surface area (Å²) in [7, 11) is 1.43. The number of unbranched alkanes of at least 4 members (excludes halogenated alkanes) is 2. The van der Waals surface area contributed by atoms with Crippen molar-refractivity contribution in [3.8, 4) is 0 Å². The standard InChI is InChI=1S/C11H16O2S/c1-3-4-5-6-9-7-8-14-10(9)11(12)13-2/h7-8H,3-6H2,1-2H3. The van der Waals surface area contributed by atoms with Crippen molar-refractivity contribution in [2.24, 2.45) is 0 Å². The molecule has 3 heteroatoms. The molecule has 0 aliphatic carbocycles. The van der Waals surface area contributed by atoms with Crippen LogP contribution in [0.5, 0.6) is 0 Å². The van der Waals surface area contributed by atoms with Crippen LogP contribution in [0.3, 0.4) is 0 Å². The first-order valence-corrected chi connectivity index (χ1v) is 5.82. The number of ether oxygens (including phenoxy) is 1. The van der Waals surface area contributed by atoms with Gasteiger partial charge in [-0.2, -0.15) is 0 Å². The summed E-state index contributed by atoms with van der Waals surface area (Å²) >= 11 is 1.47. The summed E-state index contributed by atoms with van der Waals surface area (Å²) in [6, 6.07) is 2.02. The summed E-state index contributed by atoms with van der Waals surface area (Å²) in [6.07, 6.45) is 4.56. The molecule has 1 heterocycles. The van der Waals surface area contributed by atoms with Gasteiger partial charge in [-0.1, -0.05) is 19.8 Å². The lowest BCUT2D eigenvalue weighted by atomic mass is 10.1. The number of carbonyl (C=O) groups excluding carboxylic acids is 1. The molecule has 2 nitrogen and oxygen atoms in total. The Morgan fingerprint density at radius 2 is 2.29 bits per heavy atom. The number of aryl methyl sites for hydroxylation is 1. The number of hydrogen-bond acceptors (Lipinski definition) is 3. The van der Waals surface area contributed by atoms with E-state index in [9.17, 15) is 4.79 Å². The highest BCUT2D eigenvalue weighted by Crippen LogP contribution is 2.20. The molecule has 0 atom stereocenters. The molecule has 1 aromatic rings. The minimum absolute atomic E-state index is 0.202. The molecule has 14 heavy (non-hydrogen) atoms. The van der Waals surface area contributed by atoms with Crippen molar-refractivity contribution in [3.63, 3.8) is 0 Å². The van der Waals surface area contributed by atoms with Gasteiger partial charge in [0.2, 0.25) is 0 Å². The normalized spacial score (nSPS) is 10.1. The molecule has 0 aromatic carbocycles. The number of rotatable bonds is 5. The van der Waals surface area contributed by atoms with Crippen molar-refractivity contribution in [2.45, 2.75) is 32.6 Å². The lowest BCUT2D eigenvalue weighted by molar-refractivity contribution is 0.0605. The summed E-state index contributed by atoms with van der Waals surface area (Å²) in [5, 5.41) is 1.95. The van der Waals surface area contributed by atoms with Crippen LogP contribution < -0.4 is 0 Å². The summed E-state index contributed by atoms with van der Waals surface area (Å²) in [5.41, 5.74) is 1.13. The molecule has 0 spiro atoms. The van der Waals surface area contributed by atoms with Crippen LogP contribution in [-0.2, 0) is 11.2 Å². The highest BCUT2D eigenvalue weighted by Gasteiger charge is 2.12. The van der Waals surface area contributed by atoms with Crippen molar-refractivity contribution >= 4 is 17.3 Å². The Balaban J connectivity index is 2.58. The molecule has 0 bridgehead atoms. The van der Waals surface area contributed by atoms with E-state index in [1.165, 1.54) is 31.3 Å². The monoisotopic (exact) mass is 212 g/mol. The molecule has 0 saturated heterocycles. The maximum absolute atomic E-state index is 11.3. The van der Waals surface area contributed by atoms with E-state index in [-0.39, 0.29) is 5.97 Å². The van der Waals surface area contributed by atoms with Crippen molar-refractivity contribution in [1.82, 2.24) is 0 Å². The molecule has 0 radical (unpaired) electrons. The summed E-state index contributed by atoms with van der Waals surface area (Å²) in [5.74, 6) is -0.202. The Hall–Kier alpha value is -0.830. The average molecular weight is 212 g/mol. The van der Waals surface area contributed by atoms with Crippen LogP contribution in [0.25, 0.3) is 0 Å². The maximum atomic E-state index is 11.3. The van der Waals surface area contributed by atoms with Crippen molar-refractivity contribution in [3.05, 3.63) is 21.9 Å². The van der Waals surface area contributed by atoms with E-state index in [1.54, 1.807) is 0 Å². The van der Waals surface area contributed by atoms with Gasteiger partial charge in [-0.25, -0.2) is 4.79 Å². The molecule has 0 saturated carbocycles. The zero-order valence-electron chi connectivity index (χ0n) is 8.71. The Labute approximate surface area is 88.9 Å². The first-order valence-electron chi connectivity index (χ1n) is 4.94. The third-order valence-corrected chi connectivity index (χ3v) is 3.10. The van der Waals surface area contributed by atoms with Crippen molar-refractivity contribution < 1.29 is 9.53 Å². The van der Waals surface area contributed by atoms with Gasteiger partial charge in [0.05, 0.1) is 7.11 Å². The molecule has 0 fully saturated rings. The number of methoxy groups -OCH3 is 1. The van der Waals surface area contributed by atoms with Crippen LogP contribution in [0.4, 0.5) is 0 Å². The minimum Gasteiger partial charge on any atom is -0.465 e. The lowest BCUT2D eigenvalue weighted by Crippen LogP contribution is -2.01. The molecule has 0 amide bonds. The van der Waals surface area contributed by atoms with E-state index < -0.39 is 0 Å². The maximum Gasteiger partial charge on any atom is 0.348 e. The topological polar surface area (TPSA) is 26.3 Å². The van der Waals surface area contributed by atoms with Gasteiger partial charge < -0.3 is 4.74 Å². The molecule has 0 aliphatic rings. The highest BCUT2D eigenvalue weighted by atomic mass is 32.1. The van der Waals surface area contributed by atoms with Gasteiger partial charge in [-0.3, -0.25) is 0 Å². The van der Waals surface area contributed by atoms with Gasteiger partial charge in [-0.05, 0) is 29.9 Å². The molecule has 1 rings (SSSR count). The molecule has 78 valence electrons. The van der Waals surface area contributed by atoms with E-state index in [0.29, 0.717) is 0 Å². The summed E-state index contributed by atoms with van der Waals surface area (Å²) < 4.78 is 4.71. The van der Waals surface area contributed by atoms with Crippen molar-refractivity contribution in [1.29, 1.82) is 0 Å². The lowest BCUT2D eigenvalue weighted by Gasteiger charge is -2.01. The number of thiophene rings is 1. The number of hydrogen-bond donors (Lipinski definition) is 0. The van der Waals surface area contributed by atoms with Gasteiger partial charge in [0.15, 0.2) is 0 Å². The Kier molecular flexibility index (Phi) is 4.66. The Bertz CT molecular complexity index is 291. The van der Waals surface area contributed by atoms with Crippen LogP contribution in [0.2, 0.25) is 0 Å². The first kappa shape index (κ1) is 11.2. The minimum atomic E-state index is -0.202. The Morgan fingerprint density at radius 3 is 2.93 bits per heavy atom. The van der Waals surface area contributed by atoms with Gasteiger partial charge in [0.1, 0.15) is 4.88 Å². The fourth-order valence-corrected chi connectivity index (χ4v) is 2.24. The van der Waals surface area contributed by atoms with Crippen molar-refractivity contribution in [2.75, 3.05) is 7.11 Å². The zero-order valence-corrected chi connectivity index (χ0v) is 9.52. The predicted molar refractivity (Wildman–Crippen MR) is 58.9 cm³/mol. The summed E-state index contributed by atoms with van der Waals surface area (Å²) in [4.78, 5) is 12.1. The SMILES string of the molecule is CCCCCc1ccsc1C(=O)OC. The number of carbonyl (C=O) groups is 1. The van der Waals surface area contributed by atoms with Crippen LogP contribution >= 0.6 is 11.3 Å². The summed E-state index contributed by atoms with van der Waals surface area (Å²) in [6.45, 7) is 2.18. The quantitative estimate of drug-likeness (QED) is 0.553. The van der Waals surface area contributed by atoms with Gasteiger partial charge >= 0.3 is 5.97 Å². The fourth-order valence-electron chi connectivity index (χ4n) is 1.37. The van der Waals surface area contributed by atoms with Gasteiger partial charge in [-0.15, -0.1) is 11.3 Å². The molecule has 0 N–H and O–H groups in total. The Morgan fingerprint density at radius 1 is 1.50 bits per heavy atom. The molecule has 0 aliphatic heterocycles. The zero-order chi connectivity index (χ0) is 10.4. The molecular weight excluding hydrogens is 196 g/mol. The van der Waals surface area contributed by atoms with Crippen LogP contribution in [0, 0.1) is 0 Å². The number of esters is 1. The van der Waals surface area contributed by atoms with E-state index in [0.717, 1.165) is 23.3 Å². The average Bonchev–Trinajstić information content (AvgIpc) is 2.65. The van der Waals surface area contributed by atoms with Crippen LogP contribution in [-0.4, -0.2) is 13.1 Å². The van der Waals surface area contributed by atoms with E-state index in [4.69, 9.17) is 4.74 Å². The second-order valence-corrected chi connectivity index (χ2v) is 4.14. The van der Waals surface area contributed by atoms with E-state index >= 15 is 0 Å². The smallest absolute Gasteiger partial charge is 0.348 e. The molecular formula is C11H16O2S. The van der Waals surface area contributed by atoms with Gasteiger partial charge in [0.25, 0.3) is 0 Å². The first-order chi connectivity index (χ1) is 6.79. The largest absolute Gasteiger partial charge is 0.465 e. The van der Waals surface area contributed by atoms with E-state index in [2.05, 4.69) is 6.92 Å². The van der Waals surface area contributed by atoms with Gasteiger partial charge in [0, 0.05) is 0 Å². The molecule has 0 unspecified atom stereocenters. The highest BCUT2D eigenvalue weighted by molar-refractivity contribution is 7.12.